The predicted octanol–water partition coefficient (Wildman–Crippen LogP) is 1.26. The van der Waals surface area contributed by atoms with E-state index >= 15 is 0 Å². The third kappa shape index (κ3) is 3.32. The fourth-order valence-electron chi connectivity index (χ4n) is 2.20. The summed E-state index contributed by atoms with van der Waals surface area (Å²) in [5, 5.41) is 4.33. The molecule has 0 bridgehead atoms. The minimum absolute atomic E-state index is 0.0590. The Morgan fingerprint density at radius 2 is 2.32 bits per heavy atom. The van der Waals surface area contributed by atoms with E-state index in [-0.39, 0.29) is 5.91 Å². The molecule has 0 saturated heterocycles. The molecule has 0 radical (unpaired) electrons. The lowest BCUT2D eigenvalue weighted by atomic mass is 10.1. The first-order chi connectivity index (χ1) is 9.02. The van der Waals surface area contributed by atoms with E-state index in [1.54, 1.807) is 10.9 Å². The zero-order valence-electron chi connectivity index (χ0n) is 11.4. The third-order valence-electron chi connectivity index (χ3n) is 3.32. The maximum atomic E-state index is 12.6. The quantitative estimate of drug-likeness (QED) is 0.797. The van der Waals surface area contributed by atoms with Gasteiger partial charge in [0.1, 0.15) is 0 Å². The summed E-state index contributed by atoms with van der Waals surface area (Å²) in [7, 11) is 1.84. The molecule has 0 aliphatic heterocycles. The van der Waals surface area contributed by atoms with Crippen molar-refractivity contribution in [2.24, 2.45) is 12.8 Å². The predicted molar refractivity (Wildman–Crippen MR) is 78.0 cm³/mol. The smallest absolute Gasteiger partial charge is 0.257 e. The lowest BCUT2D eigenvalue weighted by Gasteiger charge is -2.22. The van der Waals surface area contributed by atoms with Crippen LogP contribution >= 0.6 is 12.2 Å². The second-order valence-electron chi connectivity index (χ2n) is 4.96. The second-order valence-corrected chi connectivity index (χ2v) is 5.49. The summed E-state index contributed by atoms with van der Waals surface area (Å²) in [5.74, 6) is 0.0590. The van der Waals surface area contributed by atoms with Crippen molar-refractivity contribution in [1.29, 1.82) is 0 Å². The minimum Gasteiger partial charge on any atom is -0.393 e. The van der Waals surface area contributed by atoms with Gasteiger partial charge < -0.3 is 10.6 Å². The van der Waals surface area contributed by atoms with Crippen molar-refractivity contribution in [2.45, 2.75) is 38.6 Å². The number of thiocarbonyl (C=S) groups is 1. The third-order valence-corrected chi connectivity index (χ3v) is 3.52. The van der Waals surface area contributed by atoms with Crippen LogP contribution in [0.1, 0.15) is 42.2 Å². The SMILES string of the molecule is CCc1nn(C)cc1C(=O)N(CCC(N)=S)C1CC1. The van der Waals surface area contributed by atoms with Crippen molar-refractivity contribution in [3.05, 3.63) is 17.5 Å². The molecule has 1 saturated carbocycles. The van der Waals surface area contributed by atoms with Gasteiger partial charge in [0.05, 0.1) is 16.2 Å². The van der Waals surface area contributed by atoms with Gasteiger partial charge in [0, 0.05) is 32.3 Å². The van der Waals surface area contributed by atoms with Crippen LogP contribution in [0.25, 0.3) is 0 Å². The van der Waals surface area contributed by atoms with Gasteiger partial charge in [0.25, 0.3) is 5.91 Å². The van der Waals surface area contributed by atoms with E-state index in [0.717, 1.165) is 25.0 Å². The van der Waals surface area contributed by atoms with Gasteiger partial charge in [-0.1, -0.05) is 19.1 Å². The van der Waals surface area contributed by atoms with E-state index in [1.807, 2.05) is 18.9 Å². The number of aromatic nitrogens is 2. The Kier molecular flexibility index (Phi) is 4.19. The van der Waals surface area contributed by atoms with Crippen LogP contribution in [0.3, 0.4) is 0 Å². The molecule has 1 fully saturated rings. The Morgan fingerprint density at radius 1 is 1.63 bits per heavy atom. The van der Waals surface area contributed by atoms with Gasteiger partial charge in [-0.3, -0.25) is 9.48 Å². The molecule has 0 spiro atoms. The molecular weight excluding hydrogens is 260 g/mol. The molecular formula is C13H20N4OS. The average molecular weight is 280 g/mol. The normalized spacial score (nSPS) is 14.4. The monoisotopic (exact) mass is 280 g/mol. The first-order valence-corrected chi connectivity index (χ1v) is 7.05. The van der Waals surface area contributed by atoms with Crippen molar-refractivity contribution in [1.82, 2.24) is 14.7 Å². The molecule has 0 aromatic carbocycles. The Balaban J connectivity index is 2.16. The van der Waals surface area contributed by atoms with Gasteiger partial charge >= 0.3 is 0 Å². The zero-order valence-corrected chi connectivity index (χ0v) is 12.2. The molecule has 0 unspecified atom stereocenters. The van der Waals surface area contributed by atoms with Crippen molar-refractivity contribution >= 4 is 23.1 Å². The molecule has 1 aromatic rings. The summed E-state index contributed by atoms with van der Waals surface area (Å²) >= 11 is 4.90. The molecule has 1 amide bonds. The van der Waals surface area contributed by atoms with Crippen molar-refractivity contribution < 1.29 is 4.79 Å². The summed E-state index contributed by atoms with van der Waals surface area (Å²) in [6.07, 6.45) is 5.29. The van der Waals surface area contributed by atoms with Crippen LogP contribution in [0.5, 0.6) is 0 Å². The minimum atomic E-state index is 0.0590. The highest BCUT2D eigenvalue weighted by Gasteiger charge is 2.34. The molecule has 5 nitrogen and oxygen atoms in total. The summed E-state index contributed by atoms with van der Waals surface area (Å²) in [6, 6.07) is 0.353. The van der Waals surface area contributed by atoms with Crippen LogP contribution in [-0.4, -0.2) is 38.2 Å². The van der Waals surface area contributed by atoms with Crippen molar-refractivity contribution in [2.75, 3.05) is 6.54 Å². The van der Waals surface area contributed by atoms with Crippen LogP contribution in [0.2, 0.25) is 0 Å². The van der Waals surface area contributed by atoms with Gasteiger partial charge in [-0.2, -0.15) is 5.10 Å². The van der Waals surface area contributed by atoms with Gasteiger partial charge in [0.2, 0.25) is 0 Å². The van der Waals surface area contributed by atoms with Crippen LogP contribution in [-0.2, 0) is 13.5 Å². The molecule has 104 valence electrons. The maximum Gasteiger partial charge on any atom is 0.257 e. The molecule has 2 N–H and O–H groups in total. The van der Waals surface area contributed by atoms with E-state index in [2.05, 4.69) is 5.10 Å². The molecule has 2 rings (SSSR count). The van der Waals surface area contributed by atoms with Gasteiger partial charge in [0.15, 0.2) is 0 Å². The van der Waals surface area contributed by atoms with E-state index in [0.29, 0.717) is 29.6 Å². The lowest BCUT2D eigenvalue weighted by Crippen LogP contribution is -2.35. The number of aryl methyl sites for hydroxylation is 2. The highest BCUT2D eigenvalue weighted by molar-refractivity contribution is 7.80. The van der Waals surface area contributed by atoms with Crippen LogP contribution in [0.4, 0.5) is 0 Å². The topological polar surface area (TPSA) is 64.2 Å². The standard InChI is InChI=1S/C13H20N4OS/c1-3-11-10(8-16(2)15-11)13(18)17(9-4-5-9)7-6-12(14)19/h8-9H,3-7H2,1-2H3,(H2,14,19). The number of nitrogens with two attached hydrogens (primary N) is 1. The summed E-state index contributed by atoms with van der Waals surface area (Å²) in [5.41, 5.74) is 7.10. The summed E-state index contributed by atoms with van der Waals surface area (Å²) in [4.78, 5) is 15.0. The van der Waals surface area contributed by atoms with Crippen LogP contribution in [0.15, 0.2) is 6.20 Å². The first-order valence-electron chi connectivity index (χ1n) is 6.64. The summed E-state index contributed by atoms with van der Waals surface area (Å²) < 4.78 is 1.70. The number of carbonyl (C=O) groups is 1. The van der Waals surface area contributed by atoms with Crippen molar-refractivity contribution in [3.63, 3.8) is 0 Å². The maximum absolute atomic E-state index is 12.6. The Morgan fingerprint density at radius 3 is 2.84 bits per heavy atom. The number of amides is 1. The average Bonchev–Trinajstić information content (AvgIpc) is 3.11. The van der Waals surface area contributed by atoms with Crippen LogP contribution in [0, 0.1) is 0 Å². The lowest BCUT2D eigenvalue weighted by molar-refractivity contribution is 0.0747. The number of carbonyl (C=O) groups excluding carboxylic acids is 1. The van der Waals surface area contributed by atoms with E-state index in [9.17, 15) is 4.79 Å². The molecule has 0 atom stereocenters. The largest absolute Gasteiger partial charge is 0.393 e. The molecule has 19 heavy (non-hydrogen) atoms. The van der Waals surface area contributed by atoms with Gasteiger partial charge in [-0.05, 0) is 19.3 Å². The van der Waals surface area contributed by atoms with Crippen LogP contribution < -0.4 is 5.73 Å². The highest BCUT2D eigenvalue weighted by Crippen LogP contribution is 2.29. The van der Waals surface area contributed by atoms with E-state index < -0.39 is 0 Å². The first kappa shape index (κ1) is 14.0. The Bertz CT molecular complexity index is 493. The number of rotatable bonds is 6. The highest BCUT2D eigenvalue weighted by atomic mass is 32.1. The van der Waals surface area contributed by atoms with Gasteiger partial charge in [-0.15, -0.1) is 0 Å². The molecule has 1 heterocycles. The molecule has 1 aliphatic carbocycles. The van der Waals surface area contributed by atoms with E-state index in [4.69, 9.17) is 18.0 Å². The fraction of sp³-hybridized carbons (Fsp3) is 0.615. The molecule has 1 aromatic heterocycles. The number of hydrogen-bond acceptors (Lipinski definition) is 3. The molecule has 6 heteroatoms. The zero-order chi connectivity index (χ0) is 14.0. The Labute approximate surface area is 118 Å². The van der Waals surface area contributed by atoms with Crippen molar-refractivity contribution in [3.8, 4) is 0 Å². The number of hydrogen-bond donors (Lipinski definition) is 1. The number of nitrogens with zero attached hydrogens (tertiary/aromatic N) is 3. The molecule has 1 aliphatic rings. The second kappa shape index (κ2) is 5.69. The summed E-state index contributed by atoms with van der Waals surface area (Å²) in [6.45, 7) is 2.62. The van der Waals surface area contributed by atoms with E-state index in [1.165, 1.54) is 0 Å². The van der Waals surface area contributed by atoms with Gasteiger partial charge in [-0.25, -0.2) is 0 Å². The Hall–Kier alpha value is -1.43. The fourth-order valence-corrected chi connectivity index (χ4v) is 2.29.